The molecule has 2 N–H and O–H groups in total. The summed E-state index contributed by atoms with van der Waals surface area (Å²) in [6.45, 7) is -0.137. The Morgan fingerprint density at radius 2 is 2.06 bits per heavy atom. The second kappa shape index (κ2) is 6.79. The minimum Gasteiger partial charge on any atom is -0.495 e. The average molecular weight is 248 g/mol. The third kappa shape index (κ3) is 3.86. The molecule has 16 heavy (non-hydrogen) atoms. The number of hydrogen-bond donors (Lipinski definition) is 1. The predicted molar refractivity (Wildman–Crippen MR) is 62.2 cm³/mol. The molecular weight excluding hydrogens is 234 g/mol. The topological polar surface area (TPSA) is 70.8 Å². The van der Waals surface area contributed by atoms with E-state index >= 15 is 0 Å². The maximum Gasteiger partial charge on any atom is 0.343 e. The van der Waals surface area contributed by atoms with E-state index in [9.17, 15) is 4.79 Å². The van der Waals surface area contributed by atoms with E-state index in [1.54, 1.807) is 18.2 Å². The summed E-state index contributed by atoms with van der Waals surface area (Å²) in [5.41, 5.74) is 6.11. The first-order valence-corrected chi connectivity index (χ1v) is 4.30. The largest absolute Gasteiger partial charge is 0.495 e. The Balaban J connectivity index is 0.00000225. The molecule has 0 spiro atoms. The first-order valence-electron chi connectivity index (χ1n) is 4.30. The van der Waals surface area contributed by atoms with Crippen molar-refractivity contribution < 1.29 is 19.0 Å². The number of esters is 1. The van der Waals surface area contributed by atoms with E-state index in [-0.39, 0.29) is 19.0 Å². The molecule has 1 aromatic carbocycles. The fraction of sp³-hybridized carbons (Fsp3) is 0.300. The molecule has 0 heterocycles. The van der Waals surface area contributed by atoms with Crippen molar-refractivity contribution >= 4 is 24.1 Å². The monoisotopic (exact) mass is 247 g/mol. The van der Waals surface area contributed by atoms with E-state index in [2.05, 4.69) is 4.74 Å². The van der Waals surface area contributed by atoms with Crippen LogP contribution in [-0.2, 0) is 9.53 Å². The summed E-state index contributed by atoms with van der Waals surface area (Å²) in [5.74, 6) is 0.628. The molecule has 0 amide bonds. The van der Waals surface area contributed by atoms with Gasteiger partial charge < -0.3 is 19.9 Å². The summed E-state index contributed by atoms with van der Waals surface area (Å²) in [6, 6.07) is 4.92. The normalized spacial score (nSPS) is 8.88. The average Bonchev–Trinajstić information content (AvgIpc) is 2.26. The highest BCUT2D eigenvalue weighted by atomic mass is 35.5. The number of rotatable bonds is 4. The minimum atomic E-state index is -0.440. The van der Waals surface area contributed by atoms with Gasteiger partial charge in [-0.05, 0) is 12.1 Å². The molecule has 0 unspecified atom stereocenters. The van der Waals surface area contributed by atoms with Crippen molar-refractivity contribution in [3.05, 3.63) is 18.2 Å². The van der Waals surface area contributed by atoms with Crippen molar-refractivity contribution in [3.8, 4) is 11.5 Å². The number of ether oxygens (including phenoxy) is 3. The van der Waals surface area contributed by atoms with Gasteiger partial charge in [-0.15, -0.1) is 12.4 Å². The van der Waals surface area contributed by atoms with E-state index in [4.69, 9.17) is 15.2 Å². The van der Waals surface area contributed by atoms with E-state index in [1.165, 1.54) is 14.2 Å². The van der Waals surface area contributed by atoms with Gasteiger partial charge in [-0.25, -0.2) is 4.79 Å². The lowest BCUT2D eigenvalue weighted by molar-refractivity contribution is -0.142. The number of anilines is 1. The molecule has 1 rings (SSSR count). The lowest BCUT2D eigenvalue weighted by Crippen LogP contribution is -2.12. The smallest absolute Gasteiger partial charge is 0.343 e. The summed E-state index contributed by atoms with van der Waals surface area (Å²) in [6.07, 6.45) is 0. The molecule has 0 fully saturated rings. The Morgan fingerprint density at radius 1 is 1.38 bits per heavy atom. The van der Waals surface area contributed by atoms with Crippen LogP contribution in [0.2, 0.25) is 0 Å². The summed E-state index contributed by atoms with van der Waals surface area (Å²) in [7, 11) is 2.83. The van der Waals surface area contributed by atoms with Crippen molar-refractivity contribution in [2.24, 2.45) is 0 Å². The van der Waals surface area contributed by atoms with Crippen LogP contribution in [0.5, 0.6) is 11.5 Å². The highest BCUT2D eigenvalue weighted by Gasteiger charge is 2.04. The Hall–Kier alpha value is -1.62. The Kier molecular flexibility index (Phi) is 6.10. The molecule has 1 aromatic rings. The van der Waals surface area contributed by atoms with Gasteiger partial charge in [0.15, 0.2) is 6.61 Å². The molecule has 0 aliphatic carbocycles. The summed E-state index contributed by atoms with van der Waals surface area (Å²) < 4.78 is 14.5. The zero-order chi connectivity index (χ0) is 11.3. The fourth-order valence-electron chi connectivity index (χ4n) is 1.00. The maximum absolute atomic E-state index is 10.8. The van der Waals surface area contributed by atoms with Gasteiger partial charge in [0.2, 0.25) is 0 Å². The quantitative estimate of drug-likeness (QED) is 0.641. The first kappa shape index (κ1) is 14.4. The minimum absolute atomic E-state index is 0. The number of carbonyl (C=O) groups excluding carboxylic acids is 1. The van der Waals surface area contributed by atoms with Crippen molar-refractivity contribution in [1.82, 2.24) is 0 Å². The molecule has 0 saturated heterocycles. The Labute approximate surface area is 99.9 Å². The summed E-state index contributed by atoms with van der Waals surface area (Å²) in [5, 5.41) is 0. The van der Waals surface area contributed by atoms with Gasteiger partial charge in [-0.2, -0.15) is 0 Å². The Morgan fingerprint density at radius 3 is 2.56 bits per heavy atom. The van der Waals surface area contributed by atoms with Gasteiger partial charge in [0, 0.05) is 6.07 Å². The Bertz CT molecular complexity index is 357. The lowest BCUT2D eigenvalue weighted by atomic mass is 10.3. The second-order valence-electron chi connectivity index (χ2n) is 2.77. The molecule has 0 bridgehead atoms. The van der Waals surface area contributed by atoms with Gasteiger partial charge >= 0.3 is 5.97 Å². The molecule has 0 saturated carbocycles. The van der Waals surface area contributed by atoms with Crippen LogP contribution in [0.1, 0.15) is 0 Å². The van der Waals surface area contributed by atoms with Crippen molar-refractivity contribution in [1.29, 1.82) is 0 Å². The first-order chi connectivity index (χ1) is 7.17. The van der Waals surface area contributed by atoms with E-state index < -0.39 is 5.97 Å². The number of nitrogens with two attached hydrogens (primary N) is 1. The van der Waals surface area contributed by atoms with Gasteiger partial charge in [0.05, 0.1) is 19.9 Å². The number of nitrogen functional groups attached to an aromatic ring is 1. The third-order valence-corrected chi connectivity index (χ3v) is 1.79. The third-order valence-electron chi connectivity index (χ3n) is 1.79. The van der Waals surface area contributed by atoms with Crippen LogP contribution in [0.3, 0.4) is 0 Å². The van der Waals surface area contributed by atoms with Crippen LogP contribution in [0.25, 0.3) is 0 Å². The number of carbonyl (C=O) groups is 1. The van der Waals surface area contributed by atoms with Crippen LogP contribution in [0, 0.1) is 0 Å². The van der Waals surface area contributed by atoms with E-state index in [0.717, 1.165) is 0 Å². The molecular formula is C10H14ClNO4. The highest BCUT2D eigenvalue weighted by Crippen LogP contribution is 2.25. The summed E-state index contributed by atoms with van der Waals surface area (Å²) in [4.78, 5) is 10.8. The second-order valence-corrected chi connectivity index (χ2v) is 2.77. The molecule has 0 radical (unpaired) electrons. The van der Waals surface area contributed by atoms with Gasteiger partial charge in [-0.3, -0.25) is 0 Å². The summed E-state index contributed by atoms with van der Waals surface area (Å²) >= 11 is 0. The van der Waals surface area contributed by atoms with Crippen LogP contribution in [0.15, 0.2) is 18.2 Å². The van der Waals surface area contributed by atoms with Crippen LogP contribution < -0.4 is 15.2 Å². The predicted octanol–water partition coefficient (Wildman–Crippen LogP) is 1.25. The number of benzene rings is 1. The molecule has 5 nitrogen and oxygen atoms in total. The van der Waals surface area contributed by atoms with Gasteiger partial charge in [0.1, 0.15) is 11.5 Å². The van der Waals surface area contributed by atoms with Gasteiger partial charge in [-0.1, -0.05) is 0 Å². The van der Waals surface area contributed by atoms with Crippen molar-refractivity contribution in [2.45, 2.75) is 0 Å². The van der Waals surface area contributed by atoms with Crippen LogP contribution in [0.4, 0.5) is 5.69 Å². The standard InChI is InChI=1S/C10H13NO4.ClH/c1-13-9-4-3-7(5-8(9)11)15-6-10(12)14-2;/h3-5H,6,11H2,1-2H3;1H. The fourth-order valence-corrected chi connectivity index (χ4v) is 1.00. The maximum atomic E-state index is 10.8. The molecule has 0 aliphatic rings. The SMILES string of the molecule is COC(=O)COc1ccc(OC)c(N)c1.Cl. The molecule has 90 valence electrons. The van der Waals surface area contributed by atoms with E-state index in [1.807, 2.05) is 0 Å². The van der Waals surface area contributed by atoms with Crippen molar-refractivity contribution in [3.63, 3.8) is 0 Å². The number of hydrogen-bond acceptors (Lipinski definition) is 5. The number of methoxy groups -OCH3 is 2. The van der Waals surface area contributed by atoms with E-state index in [0.29, 0.717) is 17.2 Å². The zero-order valence-electron chi connectivity index (χ0n) is 9.06. The highest BCUT2D eigenvalue weighted by molar-refractivity contribution is 5.85. The van der Waals surface area contributed by atoms with Crippen LogP contribution >= 0.6 is 12.4 Å². The molecule has 0 atom stereocenters. The molecule has 0 aliphatic heterocycles. The molecule has 0 aromatic heterocycles. The van der Waals surface area contributed by atoms with Crippen LogP contribution in [-0.4, -0.2) is 26.8 Å². The van der Waals surface area contributed by atoms with Gasteiger partial charge in [0.25, 0.3) is 0 Å². The lowest BCUT2D eigenvalue weighted by Gasteiger charge is -2.08. The zero-order valence-corrected chi connectivity index (χ0v) is 9.87. The molecule has 6 heteroatoms. The van der Waals surface area contributed by atoms with Crippen molar-refractivity contribution in [2.75, 3.05) is 26.6 Å². The number of halogens is 1.